The van der Waals surface area contributed by atoms with E-state index in [-0.39, 0.29) is 0 Å². The number of H-pyrrole nitrogens is 1. The molecule has 0 radical (unpaired) electrons. The molecule has 2 N–H and O–H groups in total. The fraction of sp³-hybridized carbons (Fsp3) is 0.250. The van der Waals surface area contributed by atoms with Gasteiger partial charge in [0.2, 0.25) is 0 Å². The van der Waals surface area contributed by atoms with E-state index in [9.17, 15) is 9.90 Å². The Kier molecular flexibility index (Phi) is 3.64. The highest BCUT2D eigenvalue weighted by Gasteiger charge is 2.25. The molecule has 126 valence electrons. The van der Waals surface area contributed by atoms with E-state index in [2.05, 4.69) is 16.3 Å². The minimum Gasteiger partial charge on any atom is -0.478 e. The average Bonchev–Trinajstić information content (AvgIpc) is 2.91. The second-order valence-electron chi connectivity index (χ2n) is 6.51. The van der Waals surface area contributed by atoms with Crippen LogP contribution in [0.15, 0.2) is 24.3 Å². The van der Waals surface area contributed by atoms with E-state index in [0.717, 1.165) is 58.6 Å². The van der Waals surface area contributed by atoms with E-state index in [0.29, 0.717) is 10.9 Å². The third-order valence-corrected chi connectivity index (χ3v) is 4.89. The van der Waals surface area contributed by atoms with E-state index >= 15 is 0 Å². The van der Waals surface area contributed by atoms with Crippen molar-refractivity contribution in [3.8, 4) is 0 Å². The minimum atomic E-state index is -0.883. The van der Waals surface area contributed by atoms with Gasteiger partial charge in [-0.1, -0.05) is 18.2 Å². The maximum Gasteiger partial charge on any atom is 0.336 e. The Labute approximate surface area is 145 Å². The van der Waals surface area contributed by atoms with Crippen molar-refractivity contribution >= 4 is 28.5 Å². The summed E-state index contributed by atoms with van der Waals surface area (Å²) in [6.45, 7) is 3.96. The van der Waals surface area contributed by atoms with Gasteiger partial charge in [0.05, 0.1) is 22.5 Å². The Balaban J connectivity index is 2.00. The van der Waals surface area contributed by atoms with E-state index < -0.39 is 5.97 Å². The van der Waals surface area contributed by atoms with Crippen LogP contribution in [0.2, 0.25) is 0 Å². The Morgan fingerprint density at radius 2 is 2.04 bits per heavy atom. The number of carboxylic acids is 1. The molecule has 0 fully saturated rings. The number of para-hydroxylation sites is 1. The van der Waals surface area contributed by atoms with Crippen molar-refractivity contribution < 1.29 is 9.90 Å². The first-order valence-electron chi connectivity index (χ1n) is 8.43. The third-order valence-electron chi connectivity index (χ3n) is 4.89. The zero-order valence-corrected chi connectivity index (χ0v) is 14.3. The van der Waals surface area contributed by atoms with Crippen molar-refractivity contribution in [1.29, 1.82) is 0 Å². The van der Waals surface area contributed by atoms with Gasteiger partial charge < -0.3 is 5.11 Å². The van der Waals surface area contributed by atoms with Crippen LogP contribution in [0.5, 0.6) is 0 Å². The largest absolute Gasteiger partial charge is 0.478 e. The number of aromatic amines is 1. The quantitative estimate of drug-likeness (QED) is 0.738. The summed E-state index contributed by atoms with van der Waals surface area (Å²) in [6, 6.07) is 7.47. The van der Waals surface area contributed by atoms with E-state index in [1.807, 2.05) is 38.1 Å². The van der Waals surface area contributed by atoms with Crippen LogP contribution in [-0.2, 0) is 6.42 Å². The molecule has 2 heterocycles. The highest BCUT2D eigenvalue weighted by molar-refractivity contribution is 6.05. The van der Waals surface area contributed by atoms with Crippen LogP contribution in [-0.4, -0.2) is 26.3 Å². The number of hydrogen-bond donors (Lipinski definition) is 2. The number of carboxylic acid groups (broad SMARTS) is 1. The lowest BCUT2D eigenvalue weighted by Gasteiger charge is -2.21. The number of aromatic carboxylic acids is 1. The van der Waals surface area contributed by atoms with Gasteiger partial charge in [0.25, 0.3) is 0 Å². The molecule has 0 amide bonds. The number of aryl methyl sites for hydroxylation is 2. The van der Waals surface area contributed by atoms with Crippen molar-refractivity contribution in [3.63, 3.8) is 0 Å². The maximum absolute atomic E-state index is 12.0. The Morgan fingerprint density at radius 1 is 1.24 bits per heavy atom. The first-order chi connectivity index (χ1) is 12.1. The van der Waals surface area contributed by atoms with Crippen LogP contribution in [0.1, 0.15) is 51.4 Å². The predicted molar refractivity (Wildman–Crippen MR) is 97.6 cm³/mol. The number of benzene rings is 1. The Bertz CT molecular complexity index is 1010. The van der Waals surface area contributed by atoms with E-state index in [1.54, 1.807) is 0 Å². The summed E-state index contributed by atoms with van der Waals surface area (Å²) < 4.78 is 0. The van der Waals surface area contributed by atoms with E-state index in [1.165, 1.54) is 0 Å². The first-order valence-corrected chi connectivity index (χ1v) is 8.43. The lowest BCUT2D eigenvalue weighted by molar-refractivity contribution is 0.0697. The molecule has 2 aromatic heterocycles. The van der Waals surface area contributed by atoms with Crippen molar-refractivity contribution in [3.05, 3.63) is 58.0 Å². The van der Waals surface area contributed by atoms with Crippen molar-refractivity contribution in [2.45, 2.75) is 33.1 Å². The zero-order valence-electron chi connectivity index (χ0n) is 14.3. The summed E-state index contributed by atoms with van der Waals surface area (Å²) in [6.07, 6.45) is 4.67. The normalized spacial score (nSPS) is 15.5. The summed E-state index contributed by atoms with van der Waals surface area (Å²) >= 11 is 0. The molecule has 25 heavy (non-hydrogen) atoms. The summed E-state index contributed by atoms with van der Waals surface area (Å²) in [5.41, 5.74) is 6.90. The standard InChI is InChI=1S/C20H19N3O2/c1-11-16(12(2)23-22-11)10-13-6-5-8-15-18(20(24)25)14-7-3-4-9-17(14)21-19(13)15/h3-4,7,9-10H,5-6,8H2,1-2H3,(H,22,23)(H,24,25)/b13-10-. The SMILES string of the molecule is Cc1n[nH]c(C)c1/C=C1/CCCc2c1nc1ccccc1c2C(=O)O. The molecule has 5 nitrogen and oxygen atoms in total. The summed E-state index contributed by atoms with van der Waals surface area (Å²) in [7, 11) is 0. The molecule has 0 saturated heterocycles. The van der Waals surface area contributed by atoms with Crippen molar-refractivity contribution in [1.82, 2.24) is 15.2 Å². The van der Waals surface area contributed by atoms with E-state index in [4.69, 9.17) is 4.98 Å². The second-order valence-corrected chi connectivity index (χ2v) is 6.51. The molecule has 4 rings (SSSR count). The maximum atomic E-state index is 12.0. The fourth-order valence-corrected chi connectivity index (χ4v) is 3.67. The van der Waals surface area contributed by atoms with Gasteiger partial charge in [-0.3, -0.25) is 5.10 Å². The topological polar surface area (TPSA) is 78.9 Å². The first kappa shape index (κ1) is 15.6. The van der Waals surface area contributed by atoms with Crippen molar-refractivity contribution in [2.75, 3.05) is 0 Å². The fourth-order valence-electron chi connectivity index (χ4n) is 3.67. The summed E-state index contributed by atoms with van der Waals surface area (Å²) in [5, 5.41) is 17.8. The molecule has 1 aromatic carbocycles. The molecule has 0 bridgehead atoms. The van der Waals surface area contributed by atoms with Crippen molar-refractivity contribution in [2.24, 2.45) is 0 Å². The van der Waals surface area contributed by atoms with Crippen LogP contribution in [0.3, 0.4) is 0 Å². The number of aromatic nitrogens is 3. The Hall–Kier alpha value is -2.95. The molecule has 5 heteroatoms. The lowest BCUT2D eigenvalue weighted by Crippen LogP contribution is -2.13. The summed E-state index contributed by atoms with van der Waals surface area (Å²) in [4.78, 5) is 16.8. The molecule has 3 aromatic rings. The number of nitrogens with one attached hydrogen (secondary N) is 1. The molecule has 0 aliphatic heterocycles. The molecule has 1 aliphatic rings. The highest BCUT2D eigenvalue weighted by Crippen LogP contribution is 2.36. The van der Waals surface area contributed by atoms with Gasteiger partial charge in [-0.2, -0.15) is 5.10 Å². The number of carbonyl (C=O) groups is 1. The number of allylic oxidation sites excluding steroid dienone is 1. The molecule has 0 atom stereocenters. The van der Waals surface area contributed by atoms with Crippen LogP contribution >= 0.6 is 0 Å². The van der Waals surface area contributed by atoms with Gasteiger partial charge in [-0.25, -0.2) is 9.78 Å². The zero-order chi connectivity index (χ0) is 17.6. The summed E-state index contributed by atoms with van der Waals surface area (Å²) in [5.74, 6) is -0.883. The molecule has 0 spiro atoms. The van der Waals surface area contributed by atoms with Crippen LogP contribution in [0, 0.1) is 13.8 Å². The van der Waals surface area contributed by atoms with Crippen LogP contribution in [0.25, 0.3) is 22.6 Å². The van der Waals surface area contributed by atoms with Gasteiger partial charge in [-0.15, -0.1) is 0 Å². The third kappa shape index (κ3) is 2.52. The number of hydrogen-bond acceptors (Lipinski definition) is 3. The van der Waals surface area contributed by atoms with Crippen LogP contribution < -0.4 is 0 Å². The van der Waals surface area contributed by atoms with Gasteiger partial charge in [0, 0.05) is 16.6 Å². The monoisotopic (exact) mass is 333 g/mol. The van der Waals surface area contributed by atoms with Crippen LogP contribution in [0.4, 0.5) is 0 Å². The molecule has 0 saturated carbocycles. The molecular weight excluding hydrogens is 314 g/mol. The predicted octanol–water partition coefficient (Wildman–Crippen LogP) is 4.15. The average molecular weight is 333 g/mol. The smallest absolute Gasteiger partial charge is 0.336 e. The Morgan fingerprint density at radius 3 is 2.76 bits per heavy atom. The number of pyridine rings is 1. The molecular formula is C20H19N3O2. The minimum absolute atomic E-state index is 0.395. The number of fused-ring (bicyclic) bond motifs is 2. The van der Waals surface area contributed by atoms with Gasteiger partial charge in [-0.05, 0) is 56.4 Å². The molecule has 0 unspecified atom stereocenters. The number of nitrogens with zero attached hydrogens (tertiary/aromatic N) is 2. The van der Waals surface area contributed by atoms with Gasteiger partial charge in [0.15, 0.2) is 0 Å². The highest BCUT2D eigenvalue weighted by atomic mass is 16.4. The van der Waals surface area contributed by atoms with Gasteiger partial charge >= 0.3 is 5.97 Å². The molecule has 1 aliphatic carbocycles. The second kappa shape index (κ2) is 5.84. The number of rotatable bonds is 2. The lowest BCUT2D eigenvalue weighted by atomic mass is 9.86. The van der Waals surface area contributed by atoms with Gasteiger partial charge in [0.1, 0.15) is 0 Å².